The summed E-state index contributed by atoms with van der Waals surface area (Å²) in [6.07, 6.45) is 3.91. The third-order valence-corrected chi connectivity index (χ3v) is 3.49. The molecule has 0 heterocycles. The maximum absolute atomic E-state index is 12.0. The van der Waals surface area contributed by atoms with Crippen LogP contribution in [-0.2, 0) is 0 Å². The zero-order chi connectivity index (χ0) is 15.0. The van der Waals surface area contributed by atoms with Gasteiger partial charge in [0.15, 0.2) is 0 Å². The van der Waals surface area contributed by atoms with Crippen molar-refractivity contribution in [3.63, 3.8) is 0 Å². The molecule has 0 aliphatic rings. The maximum atomic E-state index is 12.0. The van der Waals surface area contributed by atoms with Crippen molar-refractivity contribution in [2.45, 2.75) is 12.8 Å². The molecule has 6 nitrogen and oxygen atoms in total. The van der Waals surface area contributed by atoms with Crippen molar-refractivity contribution >= 4 is 29.0 Å². The Labute approximate surface area is 122 Å². The molecule has 0 saturated heterocycles. The summed E-state index contributed by atoms with van der Waals surface area (Å²) >= 11 is 1.76. The van der Waals surface area contributed by atoms with E-state index in [2.05, 4.69) is 10.6 Å². The fraction of sp³-hybridized carbons (Fsp3) is 0.462. The first-order valence-corrected chi connectivity index (χ1v) is 7.73. The molecule has 0 spiro atoms. The first-order chi connectivity index (χ1) is 9.61. The van der Waals surface area contributed by atoms with E-state index in [1.54, 1.807) is 30.9 Å². The molecule has 110 valence electrons. The minimum atomic E-state index is -0.533. The van der Waals surface area contributed by atoms with E-state index in [0.717, 1.165) is 18.6 Å². The van der Waals surface area contributed by atoms with Crippen LogP contribution in [0.4, 0.5) is 11.4 Å². The van der Waals surface area contributed by atoms with Gasteiger partial charge in [0.05, 0.1) is 4.92 Å². The molecule has 1 rings (SSSR count). The molecular weight excluding hydrogens is 278 g/mol. The highest BCUT2D eigenvalue weighted by Gasteiger charge is 2.23. The van der Waals surface area contributed by atoms with E-state index in [-0.39, 0.29) is 11.3 Å². The Morgan fingerprint density at radius 3 is 2.75 bits per heavy atom. The number of amides is 1. The lowest BCUT2D eigenvalue weighted by atomic mass is 10.1. The summed E-state index contributed by atoms with van der Waals surface area (Å²) in [5.74, 6) is 0.642. The Morgan fingerprint density at radius 1 is 1.40 bits per heavy atom. The van der Waals surface area contributed by atoms with Crippen LogP contribution in [0.25, 0.3) is 0 Å². The summed E-state index contributed by atoms with van der Waals surface area (Å²) in [6.45, 7) is 0.528. The van der Waals surface area contributed by atoms with Gasteiger partial charge >= 0.3 is 5.69 Å². The van der Waals surface area contributed by atoms with Crippen molar-refractivity contribution in [3.8, 4) is 0 Å². The highest BCUT2D eigenvalue weighted by atomic mass is 32.2. The lowest BCUT2D eigenvalue weighted by Gasteiger charge is -2.08. The number of nitrogens with one attached hydrogen (secondary N) is 2. The monoisotopic (exact) mass is 297 g/mol. The van der Waals surface area contributed by atoms with Gasteiger partial charge in [-0.25, -0.2) is 0 Å². The molecule has 2 N–H and O–H groups in total. The summed E-state index contributed by atoms with van der Waals surface area (Å²) in [6, 6.07) is 4.67. The van der Waals surface area contributed by atoms with Crippen molar-refractivity contribution in [2.75, 3.05) is 30.9 Å². The van der Waals surface area contributed by atoms with Crippen molar-refractivity contribution in [1.29, 1.82) is 0 Å². The Hall–Kier alpha value is -1.76. The third kappa shape index (κ3) is 4.41. The maximum Gasteiger partial charge on any atom is 0.305 e. The number of carbonyl (C=O) groups excluding carboxylic acids is 1. The van der Waals surface area contributed by atoms with Crippen LogP contribution in [0.5, 0.6) is 0 Å². The number of nitrogens with zero attached hydrogens (tertiary/aromatic N) is 1. The molecule has 1 amide bonds. The van der Waals surface area contributed by atoms with Crippen LogP contribution in [-0.4, -0.2) is 36.4 Å². The average Bonchev–Trinajstić information content (AvgIpc) is 2.45. The topological polar surface area (TPSA) is 84.3 Å². The predicted octanol–water partition coefficient (Wildman–Crippen LogP) is 2.51. The van der Waals surface area contributed by atoms with Crippen molar-refractivity contribution in [2.24, 2.45) is 0 Å². The van der Waals surface area contributed by atoms with Gasteiger partial charge in [-0.3, -0.25) is 14.9 Å². The van der Waals surface area contributed by atoms with Crippen LogP contribution in [0.15, 0.2) is 18.2 Å². The lowest BCUT2D eigenvalue weighted by Crippen LogP contribution is -2.25. The fourth-order valence-corrected chi connectivity index (χ4v) is 2.29. The molecule has 7 heteroatoms. The quantitative estimate of drug-likeness (QED) is 0.437. The number of hydrogen-bond acceptors (Lipinski definition) is 5. The zero-order valence-corrected chi connectivity index (χ0v) is 12.5. The van der Waals surface area contributed by atoms with Crippen LogP contribution in [0.2, 0.25) is 0 Å². The van der Waals surface area contributed by atoms with Gasteiger partial charge in [0.2, 0.25) is 0 Å². The lowest BCUT2D eigenvalue weighted by molar-refractivity contribution is -0.384. The molecule has 0 bridgehead atoms. The zero-order valence-electron chi connectivity index (χ0n) is 11.6. The first kappa shape index (κ1) is 16.3. The van der Waals surface area contributed by atoms with E-state index in [0.29, 0.717) is 12.2 Å². The van der Waals surface area contributed by atoms with Gasteiger partial charge in [0.25, 0.3) is 5.91 Å². The minimum absolute atomic E-state index is 0.0896. The third-order valence-electron chi connectivity index (χ3n) is 2.79. The normalized spacial score (nSPS) is 10.1. The number of unbranched alkanes of at least 4 members (excludes halogenated alkanes) is 1. The largest absolute Gasteiger partial charge is 0.383 e. The van der Waals surface area contributed by atoms with Gasteiger partial charge in [-0.05, 0) is 37.0 Å². The Bertz CT molecular complexity index is 480. The first-order valence-electron chi connectivity index (χ1n) is 6.34. The summed E-state index contributed by atoms with van der Waals surface area (Å²) in [7, 11) is 1.59. The second-order valence-electron chi connectivity index (χ2n) is 4.16. The smallest absolute Gasteiger partial charge is 0.305 e. The molecule has 0 saturated carbocycles. The van der Waals surface area contributed by atoms with Crippen LogP contribution >= 0.6 is 11.8 Å². The number of para-hydroxylation sites is 1. The standard InChI is InChI=1S/C13H19N3O3S/c1-14-11-7-5-6-10(12(11)16(18)19)13(17)15-8-3-4-9-20-2/h5-7,14H,3-4,8-9H2,1-2H3,(H,15,17). The fourth-order valence-electron chi connectivity index (χ4n) is 1.79. The van der Waals surface area contributed by atoms with Crippen LogP contribution in [0.3, 0.4) is 0 Å². The Balaban J connectivity index is 2.75. The van der Waals surface area contributed by atoms with Gasteiger partial charge in [0, 0.05) is 13.6 Å². The molecular formula is C13H19N3O3S. The average molecular weight is 297 g/mol. The summed E-state index contributed by atoms with van der Waals surface area (Å²) < 4.78 is 0. The molecule has 0 aliphatic heterocycles. The number of nitro groups is 1. The van der Waals surface area contributed by atoms with Gasteiger partial charge in [-0.1, -0.05) is 6.07 Å². The number of benzene rings is 1. The van der Waals surface area contributed by atoms with Gasteiger partial charge in [-0.15, -0.1) is 0 Å². The van der Waals surface area contributed by atoms with E-state index in [4.69, 9.17) is 0 Å². The van der Waals surface area contributed by atoms with E-state index in [1.165, 1.54) is 6.07 Å². The van der Waals surface area contributed by atoms with Crippen molar-refractivity contribution in [3.05, 3.63) is 33.9 Å². The summed E-state index contributed by atoms with van der Waals surface area (Å²) in [5, 5.41) is 16.6. The van der Waals surface area contributed by atoms with Crippen LogP contribution in [0, 0.1) is 10.1 Å². The van der Waals surface area contributed by atoms with Crippen molar-refractivity contribution < 1.29 is 9.72 Å². The molecule has 0 aromatic heterocycles. The Kier molecular flexibility index (Phi) is 6.86. The van der Waals surface area contributed by atoms with Gasteiger partial charge in [-0.2, -0.15) is 11.8 Å². The molecule has 1 aromatic rings. The molecule has 0 fully saturated rings. The molecule has 0 atom stereocenters. The highest BCUT2D eigenvalue weighted by molar-refractivity contribution is 7.98. The van der Waals surface area contributed by atoms with E-state index in [1.807, 2.05) is 6.26 Å². The summed E-state index contributed by atoms with van der Waals surface area (Å²) in [5.41, 5.74) is 0.244. The van der Waals surface area contributed by atoms with Gasteiger partial charge < -0.3 is 10.6 Å². The molecule has 0 unspecified atom stereocenters. The second-order valence-corrected chi connectivity index (χ2v) is 5.15. The van der Waals surface area contributed by atoms with Crippen molar-refractivity contribution in [1.82, 2.24) is 5.32 Å². The summed E-state index contributed by atoms with van der Waals surface area (Å²) in [4.78, 5) is 22.6. The van der Waals surface area contributed by atoms with E-state index < -0.39 is 10.8 Å². The SMILES string of the molecule is CNc1cccc(C(=O)NCCCCSC)c1[N+](=O)[O-]. The predicted molar refractivity (Wildman–Crippen MR) is 82.6 cm³/mol. The highest BCUT2D eigenvalue weighted by Crippen LogP contribution is 2.28. The number of rotatable bonds is 8. The molecule has 20 heavy (non-hydrogen) atoms. The van der Waals surface area contributed by atoms with E-state index >= 15 is 0 Å². The Morgan fingerprint density at radius 2 is 2.15 bits per heavy atom. The van der Waals surface area contributed by atoms with E-state index in [9.17, 15) is 14.9 Å². The number of nitro benzene ring substituents is 1. The number of anilines is 1. The van der Waals surface area contributed by atoms with Crippen LogP contribution in [0.1, 0.15) is 23.2 Å². The number of thioether (sulfide) groups is 1. The van der Waals surface area contributed by atoms with Gasteiger partial charge in [0.1, 0.15) is 11.3 Å². The minimum Gasteiger partial charge on any atom is -0.383 e. The van der Waals surface area contributed by atoms with Crippen LogP contribution < -0.4 is 10.6 Å². The molecule has 1 aromatic carbocycles. The molecule has 0 aliphatic carbocycles. The second kappa shape index (κ2) is 8.42. The number of hydrogen-bond donors (Lipinski definition) is 2. The molecule has 0 radical (unpaired) electrons. The number of carbonyl (C=O) groups is 1.